The van der Waals surface area contributed by atoms with Crippen LogP contribution in [0.5, 0.6) is 0 Å². The van der Waals surface area contributed by atoms with Crippen molar-refractivity contribution in [1.29, 1.82) is 0 Å². The topological polar surface area (TPSA) is 83.0 Å². The van der Waals surface area contributed by atoms with Gasteiger partial charge in [-0.2, -0.15) is 0 Å². The molecule has 0 radical (unpaired) electrons. The molecule has 1 unspecified atom stereocenters. The molecule has 1 rings (SSSR count). The van der Waals surface area contributed by atoms with E-state index in [0.717, 1.165) is 0 Å². The number of nitrogens with zero attached hydrogens (tertiary/aromatic N) is 3. The second-order valence-electron chi connectivity index (χ2n) is 2.78. The third kappa shape index (κ3) is 2.25. The van der Waals surface area contributed by atoms with E-state index in [2.05, 4.69) is 14.9 Å². The molecule has 13 heavy (non-hydrogen) atoms. The second kappa shape index (κ2) is 3.99. The lowest BCUT2D eigenvalue weighted by Gasteiger charge is -2.07. The fraction of sp³-hybridized carbons (Fsp3) is 0.571. The molecule has 1 heterocycles. The van der Waals surface area contributed by atoms with Gasteiger partial charge >= 0.3 is 5.97 Å². The minimum absolute atomic E-state index is 0.0561. The van der Waals surface area contributed by atoms with Crippen molar-refractivity contribution in [3.63, 3.8) is 0 Å². The zero-order valence-corrected chi connectivity index (χ0v) is 7.60. The van der Waals surface area contributed by atoms with Crippen molar-refractivity contribution in [2.45, 2.75) is 19.5 Å². The van der Waals surface area contributed by atoms with E-state index in [9.17, 15) is 4.79 Å². The number of esters is 1. The predicted molar refractivity (Wildman–Crippen MR) is 45.0 cm³/mol. The Hall–Kier alpha value is -1.43. The average molecular weight is 184 g/mol. The zero-order valence-electron chi connectivity index (χ0n) is 7.60. The van der Waals surface area contributed by atoms with Crippen LogP contribution in [0.25, 0.3) is 0 Å². The molecule has 6 heteroatoms. The fourth-order valence-corrected chi connectivity index (χ4v) is 0.948. The lowest BCUT2D eigenvalue weighted by Crippen LogP contribution is -2.24. The Morgan fingerprint density at radius 3 is 3.08 bits per heavy atom. The first kappa shape index (κ1) is 9.66. The minimum Gasteiger partial charge on any atom is -0.463 e. The van der Waals surface area contributed by atoms with Crippen LogP contribution in [0.3, 0.4) is 0 Å². The first-order valence-electron chi connectivity index (χ1n) is 3.87. The maximum atomic E-state index is 11.1. The van der Waals surface area contributed by atoms with Crippen molar-refractivity contribution in [2.75, 3.05) is 7.11 Å². The van der Waals surface area contributed by atoms with Gasteiger partial charge in [-0.3, -0.25) is 0 Å². The van der Waals surface area contributed by atoms with Crippen molar-refractivity contribution < 1.29 is 9.53 Å². The fourth-order valence-electron chi connectivity index (χ4n) is 0.948. The van der Waals surface area contributed by atoms with Gasteiger partial charge in [-0.05, 0) is 6.92 Å². The van der Waals surface area contributed by atoms with Gasteiger partial charge < -0.3 is 15.0 Å². The highest BCUT2D eigenvalue weighted by Gasteiger charge is 2.14. The summed E-state index contributed by atoms with van der Waals surface area (Å²) in [5.41, 5.74) is 5.57. The van der Waals surface area contributed by atoms with Crippen LogP contribution >= 0.6 is 0 Å². The molecule has 1 atom stereocenters. The van der Waals surface area contributed by atoms with Gasteiger partial charge in [0.1, 0.15) is 6.33 Å². The summed E-state index contributed by atoms with van der Waals surface area (Å²) < 4.78 is 6.08. The van der Waals surface area contributed by atoms with E-state index in [1.807, 2.05) is 6.92 Å². The number of carbonyl (C=O) groups excluding carboxylic acids is 1. The van der Waals surface area contributed by atoms with Gasteiger partial charge in [0.15, 0.2) is 0 Å². The van der Waals surface area contributed by atoms with Crippen LogP contribution in [-0.4, -0.2) is 33.9 Å². The van der Waals surface area contributed by atoms with Crippen molar-refractivity contribution >= 4 is 5.97 Å². The molecule has 0 spiro atoms. The smallest absolute Gasteiger partial charge is 0.376 e. The zero-order chi connectivity index (χ0) is 9.84. The molecule has 6 nitrogen and oxygen atoms in total. The van der Waals surface area contributed by atoms with E-state index in [1.165, 1.54) is 13.4 Å². The standard InChI is InChI=1S/C7H12N4O2/c1-5(8)3-11-4-9-10-6(11)7(12)13-2/h4-5H,3,8H2,1-2H3. The number of ether oxygens (including phenoxy) is 1. The molecule has 0 aliphatic heterocycles. The highest BCUT2D eigenvalue weighted by Crippen LogP contribution is 1.98. The number of nitrogens with two attached hydrogens (primary N) is 1. The van der Waals surface area contributed by atoms with Crippen molar-refractivity contribution in [1.82, 2.24) is 14.8 Å². The molecule has 0 bridgehead atoms. The maximum Gasteiger partial charge on any atom is 0.376 e. The van der Waals surface area contributed by atoms with Gasteiger partial charge in [0, 0.05) is 12.6 Å². The van der Waals surface area contributed by atoms with Crippen LogP contribution in [0, 0.1) is 0 Å². The minimum atomic E-state index is -0.502. The van der Waals surface area contributed by atoms with Crippen molar-refractivity contribution in [3.8, 4) is 0 Å². The Labute approximate surface area is 75.7 Å². The average Bonchev–Trinajstić information content (AvgIpc) is 2.50. The van der Waals surface area contributed by atoms with Crippen LogP contribution in [-0.2, 0) is 11.3 Å². The molecule has 1 aromatic heterocycles. The van der Waals surface area contributed by atoms with E-state index in [4.69, 9.17) is 5.73 Å². The third-order valence-corrected chi connectivity index (χ3v) is 1.47. The summed E-state index contributed by atoms with van der Waals surface area (Å²) in [6.07, 6.45) is 1.45. The molecule has 0 aromatic carbocycles. The quantitative estimate of drug-likeness (QED) is 0.635. The van der Waals surface area contributed by atoms with Gasteiger partial charge in [0.05, 0.1) is 7.11 Å². The number of methoxy groups -OCH3 is 1. The van der Waals surface area contributed by atoms with Gasteiger partial charge in [0.25, 0.3) is 0 Å². The van der Waals surface area contributed by atoms with E-state index in [1.54, 1.807) is 4.57 Å². The molecule has 0 saturated heterocycles. The monoisotopic (exact) mass is 184 g/mol. The highest BCUT2D eigenvalue weighted by atomic mass is 16.5. The van der Waals surface area contributed by atoms with Gasteiger partial charge in [0.2, 0.25) is 5.82 Å². The van der Waals surface area contributed by atoms with Crippen LogP contribution in [0.15, 0.2) is 6.33 Å². The van der Waals surface area contributed by atoms with Gasteiger partial charge in [-0.1, -0.05) is 0 Å². The SMILES string of the molecule is COC(=O)c1nncn1CC(C)N. The number of rotatable bonds is 3. The number of hydrogen-bond donors (Lipinski definition) is 1. The lowest BCUT2D eigenvalue weighted by atomic mass is 10.3. The van der Waals surface area contributed by atoms with Crippen molar-refractivity contribution in [2.24, 2.45) is 5.73 Å². The lowest BCUT2D eigenvalue weighted by molar-refractivity contribution is 0.0580. The first-order chi connectivity index (χ1) is 6.15. The van der Waals surface area contributed by atoms with Crippen molar-refractivity contribution in [3.05, 3.63) is 12.2 Å². The summed E-state index contributed by atoms with van der Waals surface area (Å²) in [4.78, 5) is 11.1. The molecule has 0 amide bonds. The summed E-state index contributed by atoms with van der Waals surface area (Å²) in [5.74, 6) is -0.321. The van der Waals surface area contributed by atoms with E-state index < -0.39 is 5.97 Å². The summed E-state index contributed by atoms with van der Waals surface area (Å²) in [6, 6.07) is -0.0561. The molecule has 0 saturated carbocycles. The Kier molecular flexibility index (Phi) is 2.97. The van der Waals surface area contributed by atoms with E-state index in [0.29, 0.717) is 6.54 Å². The van der Waals surface area contributed by atoms with Crippen LogP contribution in [0.4, 0.5) is 0 Å². The Morgan fingerprint density at radius 2 is 2.54 bits per heavy atom. The molecule has 2 N–H and O–H groups in total. The van der Waals surface area contributed by atoms with E-state index >= 15 is 0 Å². The summed E-state index contributed by atoms with van der Waals surface area (Å²) in [5, 5.41) is 7.22. The maximum absolute atomic E-state index is 11.1. The Bertz CT molecular complexity index is 294. The second-order valence-corrected chi connectivity index (χ2v) is 2.78. The molecule has 0 fully saturated rings. The van der Waals surface area contributed by atoms with Gasteiger partial charge in [-0.15, -0.1) is 10.2 Å². The molecular weight excluding hydrogens is 172 g/mol. The van der Waals surface area contributed by atoms with Crippen LogP contribution in [0.1, 0.15) is 17.5 Å². The predicted octanol–water partition coefficient (Wildman–Crippen LogP) is -0.588. The van der Waals surface area contributed by atoms with Gasteiger partial charge in [-0.25, -0.2) is 4.79 Å². The van der Waals surface area contributed by atoms with E-state index in [-0.39, 0.29) is 11.9 Å². The third-order valence-electron chi connectivity index (χ3n) is 1.47. The number of carbonyl (C=O) groups is 1. The molecule has 1 aromatic rings. The number of aromatic nitrogens is 3. The molecule has 0 aliphatic carbocycles. The first-order valence-corrected chi connectivity index (χ1v) is 3.87. The Balaban J connectivity index is 2.83. The summed E-state index contributed by atoms with van der Waals surface area (Å²) in [7, 11) is 1.30. The summed E-state index contributed by atoms with van der Waals surface area (Å²) >= 11 is 0. The number of hydrogen-bond acceptors (Lipinski definition) is 5. The Morgan fingerprint density at radius 1 is 1.85 bits per heavy atom. The molecule has 0 aliphatic rings. The summed E-state index contributed by atoms with van der Waals surface area (Å²) in [6.45, 7) is 2.33. The molecule has 72 valence electrons. The normalized spacial score (nSPS) is 12.5. The van der Waals surface area contributed by atoms with Crippen LogP contribution in [0.2, 0.25) is 0 Å². The van der Waals surface area contributed by atoms with Crippen LogP contribution < -0.4 is 5.73 Å². The highest BCUT2D eigenvalue weighted by molar-refractivity contribution is 5.85. The largest absolute Gasteiger partial charge is 0.463 e. The molecular formula is C7H12N4O2.